The van der Waals surface area contributed by atoms with Crippen LogP contribution in [-0.4, -0.2) is 17.9 Å². The van der Waals surface area contributed by atoms with Crippen LogP contribution in [0.1, 0.15) is 30.6 Å². The van der Waals surface area contributed by atoms with Gasteiger partial charge in [-0.15, -0.1) is 0 Å². The van der Waals surface area contributed by atoms with E-state index in [1.807, 2.05) is 13.8 Å². The summed E-state index contributed by atoms with van der Waals surface area (Å²) in [5.41, 5.74) is 6.40. The zero-order valence-electron chi connectivity index (χ0n) is 10.9. The molecular weight excluding hydrogens is 247 g/mol. The maximum atomic E-state index is 13.0. The average Bonchev–Trinajstić information content (AvgIpc) is 2.33. The maximum Gasteiger partial charge on any atom is 0.252 e. The Bertz CT molecular complexity index is 508. The first-order chi connectivity index (χ1) is 8.90. The van der Waals surface area contributed by atoms with E-state index in [1.165, 1.54) is 18.2 Å². The highest BCUT2D eigenvalue weighted by atomic mass is 19.1. The van der Waals surface area contributed by atoms with Crippen molar-refractivity contribution < 1.29 is 14.0 Å². The second kappa shape index (κ2) is 6.68. The molecule has 1 aromatic carbocycles. The van der Waals surface area contributed by atoms with Gasteiger partial charge in [0.05, 0.1) is 0 Å². The topological polar surface area (TPSA) is 72.2 Å². The van der Waals surface area contributed by atoms with Crippen LogP contribution in [0.5, 0.6) is 0 Å². The minimum Gasteiger partial charge on any atom is -0.368 e. The predicted octanol–water partition coefficient (Wildman–Crippen LogP) is 1.77. The highest BCUT2D eigenvalue weighted by molar-refractivity contribution is 5.97. The van der Waals surface area contributed by atoms with Gasteiger partial charge in [0, 0.05) is 5.56 Å². The Labute approximate surface area is 111 Å². The summed E-state index contributed by atoms with van der Waals surface area (Å²) in [4.78, 5) is 23.1. The van der Waals surface area contributed by atoms with Crippen molar-refractivity contribution >= 4 is 11.8 Å². The summed E-state index contributed by atoms with van der Waals surface area (Å²) in [7, 11) is 0. The van der Waals surface area contributed by atoms with Crippen LogP contribution in [0.3, 0.4) is 0 Å². The third kappa shape index (κ3) is 4.91. The van der Waals surface area contributed by atoms with Gasteiger partial charge in [-0.05, 0) is 38.5 Å². The van der Waals surface area contributed by atoms with Gasteiger partial charge in [-0.25, -0.2) is 4.39 Å². The number of carbonyl (C=O) groups excluding carboxylic acids is 2. The van der Waals surface area contributed by atoms with Crippen molar-refractivity contribution in [3.8, 4) is 0 Å². The molecule has 2 amide bonds. The summed E-state index contributed by atoms with van der Waals surface area (Å²) in [5, 5.41) is 2.49. The van der Waals surface area contributed by atoms with Crippen LogP contribution in [0.4, 0.5) is 4.39 Å². The first kappa shape index (κ1) is 14.9. The van der Waals surface area contributed by atoms with Crippen molar-refractivity contribution in [2.45, 2.75) is 26.3 Å². The molecule has 0 heterocycles. The van der Waals surface area contributed by atoms with Crippen molar-refractivity contribution in [1.82, 2.24) is 5.32 Å². The molecule has 5 heteroatoms. The van der Waals surface area contributed by atoms with Gasteiger partial charge in [0.15, 0.2) is 0 Å². The lowest BCUT2D eigenvalue weighted by Gasteiger charge is -2.14. The van der Waals surface area contributed by atoms with E-state index in [4.69, 9.17) is 5.73 Å². The number of amides is 2. The van der Waals surface area contributed by atoms with E-state index in [0.717, 1.165) is 11.6 Å². The standard InChI is InChI=1S/C14H17FN2O2/c1-9(2)6-7-12(13(16)18)17-14(19)10-4-3-5-11(15)8-10/h3-6,8,12H,7H2,1-2H3,(H2,16,18)(H,17,19)/t12-/m1/s1. The van der Waals surface area contributed by atoms with Crippen molar-refractivity contribution in [2.75, 3.05) is 0 Å². The Morgan fingerprint density at radius 2 is 2.11 bits per heavy atom. The minimum absolute atomic E-state index is 0.156. The van der Waals surface area contributed by atoms with Gasteiger partial charge < -0.3 is 11.1 Å². The Morgan fingerprint density at radius 1 is 1.42 bits per heavy atom. The zero-order valence-corrected chi connectivity index (χ0v) is 10.9. The molecule has 3 N–H and O–H groups in total. The van der Waals surface area contributed by atoms with Crippen LogP contribution >= 0.6 is 0 Å². The molecule has 0 spiro atoms. The number of rotatable bonds is 5. The molecule has 1 atom stereocenters. The van der Waals surface area contributed by atoms with Gasteiger partial charge in [-0.3, -0.25) is 9.59 Å². The monoisotopic (exact) mass is 264 g/mol. The number of allylic oxidation sites excluding steroid dienone is 1. The van der Waals surface area contributed by atoms with Gasteiger partial charge in [-0.1, -0.05) is 17.7 Å². The summed E-state index contributed by atoms with van der Waals surface area (Å²) in [5.74, 6) is -1.65. The quantitative estimate of drug-likeness (QED) is 0.795. The van der Waals surface area contributed by atoms with Crippen LogP contribution in [0, 0.1) is 5.82 Å². The van der Waals surface area contributed by atoms with E-state index in [2.05, 4.69) is 5.32 Å². The van der Waals surface area contributed by atoms with E-state index < -0.39 is 23.7 Å². The number of carbonyl (C=O) groups is 2. The molecule has 0 radical (unpaired) electrons. The molecule has 0 saturated heterocycles. The summed E-state index contributed by atoms with van der Waals surface area (Å²) < 4.78 is 13.0. The summed E-state index contributed by atoms with van der Waals surface area (Å²) in [6.07, 6.45) is 2.13. The third-order valence-corrected chi connectivity index (χ3v) is 2.50. The van der Waals surface area contributed by atoms with Gasteiger partial charge >= 0.3 is 0 Å². The van der Waals surface area contributed by atoms with Gasteiger partial charge in [0.1, 0.15) is 11.9 Å². The molecule has 0 fully saturated rings. The number of hydrogen-bond donors (Lipinski definition) is 2. The van der Waals surface area contributed by atoms with Crippen molar-refractivity contribution in [3.05, 3.63) is 47.3 Å². The Hall–Kier alpha value is -2.17. The van der Waals surface area contributed by atoms with Gasteiger partial charge in [-0.2, -0.15) is 0 Å². The lowest BCUT2D eigenvalue weighted by molar-refractivity contribution is -0.119. The third-order valence-electron chi connectivity index (χ3n) is 2.50. The first-order valence-electron chi connectivity index (χ1n) is 5.89. The normalized spacial score (nSPS) is 11.5. The molecule has 0 aliphatic heterocycles. The van der Waals surface area contributed by atoms with E-state index >= 15 is 0 Å². The molecule has 0 saturated carbocycles. The molecule has 0 aliphatic rings. The number of halogens is 1. The second-order valence-electron chi connectivity index (χ2n) is 4.46. The van der Waals surface area contributed by atoms with Crippen LogP contribution in [0.15, 0.2) is 35.9 Å². The van der Waals surface area contributed by atoms with Crippen molar-refractivity contribution in [3.63, 3.8) is 0 Å². The lowest BCUT2D eigenvalue weighted by atomic mass is 10.1. The van der Waals surface area contributed by atoms with Gasteiger partial charge in [0.2, 0.25) is 5.91 Å². The van der Waals surface area contributed by atoms with Crippen LogP contribution < -0.4 is 11.1 Å². The summed E-state index contributed by atoms with van der Waals surface area (Å²) >= 11 is 0. The van der Waals surface area contributed by atoms with Gasteiger partial charge in [0.25, 0.3) is 5.91 Å². The molecule has 19 heavy (non-hydrogen) atoms. The Balaban J connectivity index is 2.77. The highest BCUT2D eigenvalue weighted by Crippen LogP contribution is 2.05. The maximum absolute atomic E-state index is 13.0. The zero-order chi connectivity index (χ0) is 14.4. The number of benzene rings is 1. The van der Waals surface area contributed by atoms with E-state index in [0.29, 0.717) is 6.42 Å². The van der Waals surface area contributed by atoms with E-state index in [9.17, 15) is 14.0 Å². The predicted molar refractivity (Wildman–Crippen MR) is 70.9 cm³/mol. The molecule has 0 unspecified atom stereocenters. The highest BCUT2D eigenvalue weighted by Gasteiger charge is 2.17. The van der Waals surface area contributed by atoms with Crippen LogP contribution in [0.2, 0.25) is 0 Å². The SMILES string of the molecule is CC(C)=CC[C@@H](NC(=O)c1cccc(F)c1)C(N)=O. The van der Waals surface area contributed by atoms with E-state index in [-0.39, 0.29) is 5.56 Å². The van der Waals surface area contributed by atoms with Crippen molar-refractivity contribution in [2.24, 2.45) is 5.73 Å². The number of nitrogens with two attached hydrogens (primary N) is 1. The minimum atomic E-state index is -0.800. The second-order valence-corrected chi connectivity index (χ2v) is 4.46. The number of primary amides is 1. The Kier molecular flexibility index (Phi) is 5.23. The number of hydrogen-bond acceptors (Lipinski definition) is 2. The first-order valence-corrected chi connectivity index (χ1v) is 5.89. The molecule has 1 aromatic rings. The number of nitrogens with one attached hydrogen (secondary N) is 1. The molecular formula is C14H17FN2O2. The molecule has 1 rings (SSSR count). The molecule has 0 aromatic heterocycles. The Morgan fingerprint density at radius 3 is 2.63 bits per heavy atom. The molecule has 102 valence electrons. The van der Waals surface area contributed by atoms with E-state index in [1.54, 1.807) is 6.08 Å². The average molecular weight is 264 g/mol. The fourth-order valence-corrected chi connectivity index (χ4v) is 1.47. The van der Waals surface area contributed by atoms with Crippen LogP contribution in [0.25, 0.3) is 0 Å². The molecule has 0 bridgehead atoms. The fraction of sp³-hybridized carbons (Fsp3) is 0.286. The van der Waals surface area contributed by atoms with Crippen LogP contribution in [-0.2, 0) is 4.79 Å². The smallest absolute Gasteiger partial charge is 0.252 e. The fourth-order valence-electron chi connectivity index (χ4n) is 1.47. The lowest BCUT2D eigenvalue weighted by Crippen LogP contribution is -2.44. The van der Waals surface area contributed by atoms with Crippen molar-refractivity contribution in [1.29, 1.82) is 0 Å². The molecule has 0 aliphatic carbocycles. The summed E-state index contributed by atoms with van der Waals surface area (Å²) in [6, 6.07) is 4.45. The molecule has 4 nitrogen and oxygen atoms in total. The largest absolute Gasteiger partial charge is 0.368 e. The summed E-state index contributed by atoms with van der Waals surface area (Å²) in [6.45, 7) is 3.76.